The minimum atomic E-state index is 0.146. The van der Waals surface area contributed by atoms with E-state index in [1.165, 1.54) is 0 Å². The van der Waals surface area contributed by atoms with E-state index in [4.69, 9.17) is 9.26 Å². The molecule has 0 aromatic carbocycles. The number of hydrogen-bond donors (Lipinski definition) is 1. The van der Waals surface area contributed by atoms with Gasteiger partial charge in [0.05, 0.1) is 6.04 Å². The van der Waals surface area contributed by atoms with E-state index >= 15 is 0 Å². The van der Waals surface area contributed by atoms with Crippen LogP contribution >= 0.6 is 0 Å². The van der Waals surface area contributed by atoms with Crippen LogP contribution in [0.4, 0.5) is 0 Å². The van der Waals surface area contributed by atoms with Gasteiger partial charge in [0, 0.05) is 19.6 Å². The van der Waals surface area contributed by atoms with Crippen LogP contribution in [0, 0.1) is 5.92 Å². The molecule has 0 radical (unpaired) electrons. The summed E-state index contributed by atoms with van der Waals surface area (Å²) in [5, 5.41) is 7.07. The Morgan fingerprint density at radius 2 is 2.19 bits per heavy atom. The smallest absolute Gasteiger partial charge is 0.226 e. The van der Waals surface area contributed by atoms with Gasteiger partial charge in [0.1, 0.15) is 0 Å². The van der Waals surface area contributed by atoms with Crippen molar-refractivity contribution in [3.8, 4) is 0 Å². The van der Waals surface area contributed by atoms with Crippen molar-refractivity contribution >= 4 is 0 Å². The van der Waals surface area contributed by atoms with Crippen molar-refractivity contribution in [2.24, 2.45) is 5.92 Å². The van der Waals surface area contributed by atoms with Crippen molar-refractivity contribution < 1.29 is 9.26 Å². The van der Waals surface area contributed by atoms with Gasteiger partial charge in [-0.25, -0.2) is 0 Å². The number of aromatic nitrogens is 2. The van der Waals surface area contributed by atoms with Crippen molar-refractivity contribution in [2.45, 2.75) is 32.2 Å². The summed E-state index contributed by atoms with van der Waals surface area (Å²) in [6, 6.07) is 0.146. The second-order valence-electron chi connectivity index (χ2n) is 4.32. The van der Waals surface area contributed by atoms with Crippen LogP contribution in [0.2, 0.25) is 0 Å². The van der Waals surface area contributed by atoms with E-state index in [-0.39, 0.29) is 6.04 Å². The average molecular weight is 225 g/mol. The molecule has 1 fully saturated rings. The molecular weight excluding hydrogens is 206 g/mol. The van der Waals surface area contributed by atoms with Gasteiger partial charge in [0.2, 0.25) is 5.89 Å². The number of nitrogens with one attached hydrogen (secondary N) is 1. The summed E-state index contributed by atoms with van der Waals surface area (Å²) in [6.45, 7) is 3.74. The zero-order valence-electron chi connectivity index (χ0n) is 9.90. The van der Waals surface area contributed by atoms with E-state index in [0.717, 1.165) is 44.2 Å². The van der Waals surface area contributed by atoms with Crippen molar-refractivity contribution in [1.29, 1.82) is 0 Å². The van der Waals surface area contributed by atoms with E-state index < -0.39 is 0 Å². The Hall–Kier alpha value is -0.940. The van der Waals surface area contributed by atoms with Crippen LogP contribution in [0.3, 0.4) is 0 Å². The minimum Gasteiger partial charge on any atom is -0.381 e. The fraction of sp³-hybridized carbons (Fsp3) is 0.818. The predicted molar refractivity (Wildman–Crippen MR) is 59.0 cm³/mol. The maximum Gasteiger partial charge on any atom is 0.226 e. The third-order valence-corrected chi connectivity index (χ3v) is 3.11. The quantitative estimate of drug-likeness (QED) is 0.837. The lowest BCUT2D eigenvalue weighted by molar-refractivity contribution is 0.0642. The Morgan fingerprint density at radius 3 is 2.88 bits per heavy atom. The van der Waals surface area contributed by atoms with Crippen LogP contribution < -0.4 is 5.32 Å². The first kappa shape index (κ1) is 11.5. The number of nitrogens with zero attached hydrogens (tertiary/aromatic N) is 2. The van der Waals surface area contributed by atoms with Gasteiger partial charge in [-0.05, 0) is 32.7 Å². The standard InChI is InChI=1S/C11H19N3O2/c1-8(12-2)11-13-10(16-14-11)7-9-3-5-15-6-4-9/h8-9,12H,3-7H2,1-2H3. The van der Waals surface area contributed by atoms with E-state index in [0.29, 0.717) is 5.92 Å². The summed E-state index contributed by atoms with van der Waals surface area (Å²) in [4.78, 5) is 4.39. The lowest BCUT2D eigenvalue weighted by Crippen LogP contribution is -2.18. The monoisotopic (exact) mass is 225 g/mol. The Bertz CT molecular complexity index is 321. The third kappa shape index (κ3) is 2.80. The van der Waals surface area contributed by atoms with E-state index in [9.17, 15) is 0 Å². The summed E-state index contributed by atoms with van der Waals surface area (Å²) in [6.07, 6.45) is 3.07. The second kappa shape index (κ2) is 5.41. The molecule has 1 unspecified atom stereocenters. The average Bonchev–Trinajstić information content (AvgIpc) is 2.78. The summed E-state index contributed by atoms with van der Waals surface area (Å²) >= 11 is 0. The van der Waals surface area contributed by atoms with Crippen LogP contribution in [0.1, 0.15) is 37.5 Å². The largest absolute Gasteiger partial charge is 0.381 e. The van der Waals surface area contributed by atoms with Crippen molar-refractivity contribution in [1.82, 2.24) is 15.5 Å². The highest BCUT2D eigenvalue weighted by molar-refractivity contribution is 4.93. The molecule has 0 spiro atoms. The predicted octanol–water partition coefficient (Wildman–Crippen LogP) is 1.32. The third-order valence-electron chi connectivity index (χ3n) is 3.11. The van der Waals surface area contributed by atoms with Crippen molar-refractivity contribution in [3.63, 3.8) is 0 Å². The maximum absolute atomic E-state index is 5.32. The fourth-order valence-electron chi connectivity index (χ4n) is 1.85. The lowest BCUT2D eigenvalue weighted by atomic mass is 9.97. The van der Waals surface area contributed by atoms with Gasteiger partial charge < -0.3 is 14.6 Å². The SMILES string of the molecule is CNC(C)c1noc(CC2CCOCC2)n1. The Balaban J connectivity index is 1.91. The van der Waals surface area contributed by atoms with Crippen LogP contribution in [-0.2, 0) is 11.2 Å². The summed E-state index contributed by atoms with van der Waals surface area (Å²) in [7, 11) is 1.89. The molecule has 16 heavy (non-hydrogen) atoms. The molecule has 5 nitrogen and oxygen atoms in total. The van der Waals surface area contributed by atoms with E-state index in [1.807, 2.05) is 14.0 Å². The molecule has 2 rings (SSSR count). The van der Waals surface area contributed by atoms with Crippen LogP contribution in [-0.4, -0.2) is 30.4 Å². The normalized spacial score (nSPS) is 19.9. The van der Waals surface area contributed by atoms with Gasteiger partial charge in [0.25, 0.3) is 0 Å². The molecule has 2 heterocycles. The lowest BCUT2D eigenvalue weighted by Gasteiger charge is -2.19. The Labute approximate surface area is 95.6 Å². The minimum absolute atomic E-state index is 0.146. The zero-order chi connectivity index (χ0) is 11.4. The summed E-state index contributed by atoms with van der Waals surface area (Å²) in [5.74, 6) is 2.13. The molecule has 90 valence electrons. The van der Waals surface area contributed by atoms with Gasteiger partial charge in [-0.3, -0.25) is 0 Å². The highest BCUT2D eigenvalue weighted by atomic mass is 16.5. The molecule has 5 heteroatoms. The van der Waals surface area contributed by atoms with Crippen LogP contribution in [0.5, 0.6) is 0 Å². The molecule has 1 aliphatic rings. The first-order valence-corrected chi connectivity index (χ1v) is 5.87. The molecular formula is C11H19N3O2. The molecule has 0 bridgehead atoms. The highest BCUT2D eigenvalue weighted by Gasteiger charge is 2.18. The molecule has 1 aliphatic heterocycles. The summed E-state index contributed by atoms with van der Waals surface area (Å²) in [5.41, 5.74) is 0. The number of rotatable bonds is 4. The topological polar surface area (TPSA) is 60.2 Å². The first-order chi connectivity index (χ1) is 7.79. The first-order valence-electron chi connectivity index (χ1n) is 5.87. The van der Waals surface area contributed by atoms with Crippen molar-refractivity contribution in [3.05, 3.63) is 11.7 Å². The summed E-state index contributed by atoms with van der Waals surface area (Å²) < 4.78 is 10.6. The van der Waals surface area contributed by atoms with Gasteiger partial charge in [-0.1, -0.05) is 5.16 Å². The van der Waals surface area contributed by atoms with Gasteiger partial charge in [-0.15, -0.1) is 0 Å². The maximum atomic E-state index is 5.32. The van der Waals surface area contributed by atoms with Gasteiger partial charge >= 0.3 is 0 Å². The fourth-order valence-corrected chi connectivity index (χ4v) is 1.85. The molecule has 1 aromatic heterocycles. The van der Waals surface area contributed by atoms with Gasteiger partial charge in [-0.2, -0.15) is 4.98 Å². The molecule has 0 amide bonds. The number of ether oxygens (including phenoxy) is 1. The number of hydrogen-bond acceptors (Lipinski definition) is 5. The van der Waals surface area contributed by atoms with E-state index in [2.05, 4.69) is 15.5 Å². The molecule has 1 aromatic rings. The Kier molecular flexibility index (Phi) is 3.90. The van der Waals surface area contributed by atoms with Crippen LogP contribution in [0.15, 0.2) is 4.52 Å². The highest BCUT2D eigenvalue weighted by Crippen LogP contribution is 2.19. The van der Waals surface area contributed by atoms with Crippen molar-refractivity contribution in [2.75, 3.05) is 20.3 Å². The molecule has 1 saturated heterocycles. The molecule has 1 atom stereocenters. The zero-order valence-corrected chi connectivity index (χ0v) is 9.90. The molecule has 1 N–H and O–H groups in total. The van der Waals surface area contributed by atoms with Crippen LogP contribution in [0.25, 0.3) is 0 Å². The molecule has 0 aliphatic carbocycles. The van der Waals surface area contributed by atoms with E-state index in [1.54, 1.807) is 0 Å². The Morgan fingerprint density at radius 1 is 1.44 bits per heavy atom. The van der Waals surface area contributed by atoms with Gasteiger partial charge in [0.15, 0.2) is 5.82 Å². The molecule has 0 saturated carbocycles. The second-order valence-corrected chi connectivity index (χ2v) is 4.32.